The van der Waals surface area contributed by atoms with Gasteiger partial charge in [-0.05, 0) is 23.6 Å². The fourth-order valence-electron chi connectivity index (χ4n) is 1.67. The first-order valence-electron chi connectivity index (χ1n) is 6.82. The molecule has 0 saturated carbocycles. The van der Waals surface area contributed by atoms with Crippen LogP contribution in [0.4, 0.5) is 0 Å². The molecule has 0 aromatic heterocycles. The van der Waals surface area contributed by atoms with E-state index >= 15 is 0 Å². The Kier molecular flexibility index (Phi) is 6.56. The molecular weight excluding hydrogens is 252 g/mol. The molecule has 0 atom stereocenters. The van der Waals surface area contributed by atoms with Gasteiger partial charge < -0.3 is 16.0 Å². The molecule has 5 nitrogen and oxygen atoms in total. The Balaban J connectivity index is 2.58. The molecule has 0 aliphatic carbocycles. The molecule has 1 amide bonds. The molecule has 0 saturated heterocycles. The van der Waals surface area contributed by atoms with Crippen LogP contribution in [0.25, 0.3) is 0 Å². The minimum Gasteiger partial charge on any atom is -0.356 e. The Hall–Kier alpha value is -2.04. The molecule has 5 heteroatoms. The van der Waals surface area contributed by atoms with E-state index in [2.05, 4.69) is 34.8 Å². The monoisotopic (exact) mass is 276 g/mol. The van der Waals surface area contributed by atoms with Crippen molar-refractivity contribution in [1.29, 1.82) is 0 Å². The predicted molar refractivity (Wildman–Crippen MR) is 82.9 cm³/mol. The van der Waals surface area contributed by atoms with E-state index in [9.17, 15) is 4.79 Å². The van der Waals surface area contributed by atoms with Crippen molar-refractivity contribution in [3.8, 4) is 0 Å². The summed E-state index contributed by atoms with van der Waals surface area (Å²) in [4.78, 5) is 15.7. The lowest BCUT2D eigenvalue weighted by molar-refractivity contribution is 0.0963. The molecule has 0 unspecified atom stereocenters. The van der Waals surface area contributed by atoms with Gasteiger partial charge in [-0.1, -0.05) is 26.0 Å². The molecule has 20 heavy (non-hydrogen) atoms. The molecule has 0 heterocycles. The summed E-state index contributed by atoms with van der Waals surface area (Å²) < 4.78 is 0. The molecule has 0 spiro atoms. The molecule has 110 valence electrons. The zero-order valence-corrected chi connectivity index (χ0v) is 12.7. The number of hydrogen-bond donors (Lipinski definition) is 3. The van der Waals surface area contributed by atoms with E-state index in [0.717, 1.165) is 18.1 Å². The average Bonchev–Trinajstić information content (AvgIpc) is 2.46. The van der Waals surface area contributed by atoms with Crippen molar-refractivity contribution < 1.29 is 4.79 Å². The number of rotatable bonds is 5. The summed E-state index contributed by atoms with van der Waals surface area (Å²) in [5.41, 5.74) is 1.70. The largest absolute Gasteiger partial charge is 0.356 e. The number of carbonyl (C=O) groups is 1. The van der Waals surface area contributed by atoms with Crippen LogP contribution < -0.4 is 16.0 Å². The fraction of sp³-hybridized carbons (Fsp3) is 0.467. The Bertz CT molecular complexity index is 469. The van der Waals surface area contributed by atoms with Crippen LogP contribution in [0.2, 0.25) is 0 Å². The van der Waals surface area contributed by atoms with Crippen LogP contribution in [-0.4, -0.2) is 32.5 Å². The summed E-state index contributed by atoms with van der Waals surface area (Å²) in [7, 11) is 3.38. The van der Waals surface area contributed by atoms with E-state index in [-0.39, 0.29) is 5.91 Å². The van der Waals surface area contributed by atoms with E-state index < -0.39 is 0 Å². The highest BCUT2D eigenvalue weighted by Crippen LogP contribution is 2.05. The zero-order chi connectivity index (χ0) is 15.0. The van der Waals surface area contributed by atoms with Gasteiger partial charge in [0.15, 0.2) is 5.96 Å². The third-order valence-electron chi connectivity index (χ3n) is 2.78. The number of guanidine groups is 1. The Morgan fingerprint density at radius 2 is 2.05 bits per heavy atom. The normalized spacial score (nSPS) is 11.3. The van der Waals surface area contributed by atoms with Crippen molar-refractivity contribution in [3.63, 3.8) is 0 Å². The minimum atomic E-state index is -0.0748. The van der Waals surface area contributed by atoms with Crippen LogP contribution in [0.1, 0.15) is 29.8 Å². The van der Waals surface area contributed by atoms with Gasteiger partial charge in [0.2, 0.25) is 0 Å². The van der Waals surface area contributed by atoms with Crippen molar-refractivity contribution in [3.05, 3.63) is 35.4 Å². The van der Waals surface area contributed by atoms with Gasteiger partial charge in [0.1, 0.15) is 0 Å². The standard InChI is InChI=1S/C15H24N4O/c1-11(2)9-18-15(17-4)19-10-12-6-5-7-13(8-12)14(20)16-3/h5-8,11H,9-10H2,1-4H3,(H,16,20)(H2,17,18,19). The highest BCUT2D eigenvalue weighted by Gasteiger charge is 2.04. The van der Waals surface area contributed by atoms with Crippen molar-refractivity contribution in [2.45, 2.75) is 20.4 Å². The lowest BCUT2D eigenvalue weighted by Crippen LogP contribution is -2.38. The van der Waals surface area contributed by atoms with E-state index in [1.807, 2.05) is 18.2 Å². The minimum absolute atomic E-state index is 0.0748. The number of amides is 1. The quantitative estimate of drug-likeness (QED) is 0.562. The van der Waals surface area contributed by atoms with Crippen LogP contribution in [0.5, 0.6) is 0 Å². The lowest BCUT2D eigenvalue weighted by atomic mass is 10.1. The lowest BCUT2D eigenvalue weighted by Gasteiger charge is -2.13. The second-order valence-corrected chi connectivity index (χ2v) is 4.98. The summed E-state index contributed by atoms with van der Waals surface area (Å²) in [6.45, 7) is 5.79. The van der Waals surface area contributed by atoms with Crippen molar-refractivity contribution >= 4 is 11.9 Å². The number of nitrogens with zero attached hydrogens (tertiary/aromatic N) is 1. The SMILES string of the molecule is CN=C(NCc1cccc(C(=O)NC)c1)NCC(C)C. The summed E-state index contributed by atoms with van der Waals surface area (Å²) in [5, 5.41) is 9.10. The van der Waals surface area contributed by atoms with Crippen LogP contribution in [0, 0.1) is 5.92 Å². The number of aliphatic imine (C=N–C) groups is 1. The first-order valence-corrected chi connectivity index (χ1v) is 6.82. The van der Waals surface area contributed by atoms with Gasteiger partial charge in [-0.15, -0.1) is 0 Å². The number of nitrogens with one attached hydrogen (secondary N) is 3. The van der Waals surface area contributed by atoms with Gasteiger partial charge in [0.25, 0.3) is 5.91 Å². The van der Waals surface area contributed by atoms with E-state index in [0.29, 0.717) is 18.0 Å². The summed E-state index contributed by atoms with van der Waals surface area (Å²) in [5.74, 6) is 1.25. The molecule has 0 bridgehead atoms. The van der Waals surface area contributed by atoms with Gasteiger partial charge in [-0.25, -0.2) is 0 Å². The van der Waals surface area contributed by atoms with Gasteiger partial charge in [0.05, 0.1) is 0 Å². The third-order valence-corrected chi connectivity index (χ3v) is 2.78. The number of hydrogen-bond acceptors (Lipinski definition) is 2. The number of carbonyl (C=O) groups excluding carboxylic acids is 1. The maximum absolute atomic E-state index is 11.6. The van der Waals surface area contributed by atoms with Crippen molar-refractivity contribution in [2.24, 2.45) is 10.9 Å². The maximum Gasteiger partial charge on any atom is 0.251 e. The molecule has 1 aromatic rings. The highest BCUT2D eigenvalue weighted by atomic mass is 16.1. The maximum atomic E-state index is 11.6. The molecule has 0 fully saturated rings. The summed E-state index contributed by atoms with van der Waals surface area (Å²) in [6.07, 6.45) is 0. The van der Waals surface area contributed by atoms with Gasteiger partial charge >= 0.3 is 0 Å². The summed E-state index contributed by atoms with van der Waals surface area (Å²) in [6, 6.07) is 7.54. The van der Waals surface area contributed by atoms with Crippen LogP contribution in [0.15, 0.2) is 29.3 Å². The second-order valence-electron chi connectivity index (χ2n) is 4.98. The Morgan fingerprint density at radius 1 is 1.30 bits per heavy atom. The molecule has 3 N–H and O–H groups in total. The smallest absolute Gasteiger partial charge is 0.251 e. The van der Waals surface area contributed by atoms with Crippen LogP contribution in [0.3, 0.4) is 0 Å². The molecule has 0 radical (unpaired) electrons. The highest BCUT2D eigenvalue weighted by molar-refractivity contribution is 5.94. The van der Waals surface area contributed by atoms with Crippen LogP contribution >= 0.6 is 0 Å². The summed E-state index contributed by atoms with van der Waals surface area (Å²) >= 11 is 0. The van der Waals surface area contributed by atoms with E-state index in [4.69, 9.17) is 0 Å². The van der Waals surface area contributed by atoms with Gasteiger partial charge in [0, 0.05) is 32.7 Å². The molecule has 1 aromatic carbocycles. The Labute approximate surface area is 120 Å². The number of benzene rings is 1. The molecule has 0 aliphatic rings. The topological polar surface area (TPSA) is 65.5 Å². The van der Waals surface area contributed by atoms with E-state index in [1.54, 1.807) is 20.2 Å². The van der Waals surface area contributed by atoms with Crippen LogP contribution in [-0.2, 0) is 6.54 Å². The fourth-order valence-corrected chi connectivity index (χ4v) is 1.67. The van der Waals surface area contributed by atoms with E-state index in [1.165, 1.54) is 0 Å². The Morgan fingerprint density at radius 3 is 2.65 bits per heavy atom. The molecular formula is C15H24N4O. The molecule has 1 rings (SSSR count). The van der Waals surface area contributed by atoms with Crippen molar-refractivity contribution in [2.75, 3.05) is 20.6 Å². The zero-order valence-electron chi connectivity index (χ0n) is 12.7. The predicted octanol–water partition coefficient (Wildman–Crippen LogP) is 1.37. The van der Waals surface area contributed by atoms with Gasteiger partial charge in [-0.3, -0.25) is 9.79 Å². The first kappa shape index (κ1) is 16.0. The van der Waals surface area contributed by atoms with Crippen molar-refractivity contribution in [1.82, 2.24) is 16.0 Å². The van der Waals surface area contributed by atoms with Gasteiger partial charge in [-0.2, -0.15) is 0 Å². The third kappa shape index (κ3) is 5.30. The molecule has 0 aliphatic heterocycles. The average molecular weight is 276 g/mol. The second kappa shape index (κ2) is 8.19. The first-order chi connectivity index (χ1) is 9.56.